The second-order valence-corrected chi connectivity index (χ2v) is 8.09. The molecule has 3 heteroatoms. The van der Waals surface area contributed by atoms with Crippen molar-refractivity contribution in [1.82, 2.24) is 0 Å². The van der Waals surface area contributed by atoms with Crippen LogP contribution in [0.1, 0.15) is 42.5 Å². The van der Waals surface area contributed by atoms with Crippen molar-refractivity contribution < 1.29 is 9.18 Å². The quantitative estimate of drug-likeness (QED) is 0.706. The predicted molar refractivity (Wildman–Crippen MR) is 90.0 cm³/mol. The minimum absolute atomic E-state index is 0.116. The monoisotopic (exact) mass is 314 g/mol. The third-order valence-corrected chi connectivity index (χ3v) is 6.67. The van der Waals surface area contributed by atoms with Crippen LogP contribution >= 0.6 is 11.8 Å². The van der Waals surface area contributed by atoms with Gasteiger partial charge in [-0.1, -0.05) is 30.7 Å². The van der Waals surface area contributed by atoms with Gasteiger partial charge in [-0.15, -0.1) is 0 Å². The largest absolute Gasteiger partial charge is 0.294 e. The van der Waals surface area contributed by atoms with Gasteiger partial charge in [-0.3, -0.25) is 4.79 Å². The molecule has 2 aliphatic heterocycles. The maximum absolute atomic E-state index is 13.9. The molecule has 0 aliphatic carbocycles. The molecule has 0 N–H and O–H groups in total. The summed E-state index contributed by atoms with van der Waals surface area (Å²) in [5.74, 6) is 0.0852. The molecular formula is C19H19FOS. The van der Waals surface area contributed by atoms with Crippen LogP contribution in [0.3, 0.4) is 0 Å². The second kappa shape index (κ2) is 5.69. The number of thioether (sulfide) groups is 1. The van der Waals surface area contributed by atoms with Crippen LogP contribution in [0.2, 0.25) is 0 Å². The molecule has 0 radical (unpaired) electrons. The second-order valence-electron chi connectivity index (χ2n) is 6.48. The first-order chi connectivity index (χ1) is 10.7. The highest BCUT2D eigenvalue weighted by Crippen LogP contribution is 2.45. The zero-order valence-electron chi connectivity index (χ0n) is 12.4. The molecule has 2 aliphatic rings. The zero-order chi connectivity index (χ0) is 15.1. The number of benzene rings is 2. The van der Waals surface area contributed by atoms with Crippen LogP contribution in [0.4, 0.5) is 4.39 Å². The van der Waals surface area contributed by atoms with Crippen molar-refractivity contribution in [3.8, 4) is 0 Å². The summed E-state index contributed by atoms with van der Waals surface area (Å²) in [6, 6.07) is 10.4. The Kier molecular flexibility index (Phi) is 3.69. The first-order valence-corrected chi connectivity index (χ1v) is 9.03. The van der Waals surface area contributed by atoms with E-state index in [2.05, 4.69) is 11.8 Å². The third kappa shape index (κ3) is 2.45. The van der Waals surface area contributed by atoms with Gasteiger partial charge in [0, 0.05) is 27.4 Å². The van der Waals surface area contributed by atoms with E-state index in [4.69, 9.17) is 0 Å². The minimum atomic E-state index is -0.247. The minimum Gasteiger partial charge on any atom is -0.294 e. The Hall–Kier alpha value is -1.35. The van der Waals surface area contributed by atoms with E-state index < -0.39 is 0 Å². The molecule has 1 nitrogen and oxygen atoms in total. The van der Waals surface area contributed by atoms with E-state index in [1.54, 1.807) is 12.1 Å². The molecule has 2 aromatic carbocycles. The van der Waals surface area contributed by atoms with E-state index in [-0.39, 0.29) is 17.5 Å². The van der Waals surface area contributed by atoms with Crippen molar-refractivity contribution in [2.75, 3.05) is 0 Å². The van der Waals surface area contributed by atoms with Gasteiger partial charge < -0.3 is 0 Å². The van der Waals surface area contributed by atoms with E-state index in [1.807, 2.05) is 18.2 Å². The van der Waals surface area contributed by atoms with E-state index in [1.165, 1.54) is 25.3 Å². The number of hydrogen-bond acceptors (Lipinski definition) is 2. The number of rotatable bonds is 2. The van der Waals surface area contributed by atoms with E-state index in [9.17, 15) is 9.18 Å². The molecule has 0 spiro atoms. The number of halogens is 1. The first kappa shape index (κ1) is 14.3. The molecule has 0 amide bonds. The number of fused-ring (bicyclic) bond motifs is 3. The van der Waals surface area contributed by atoms with Gasteiger partial charge in [0.15, 0.2) is 5.78 Å². The Balaban J connectivity index is 1.70. The van der Waals surface area contributed by atoms with Crippen molar-refractivity contribution in [3.05, 3.63) is 47.8 Å². The summed E-state index contributed by atoms with van der Waals surface area (Å²) in [7, 11) is 0. The summed E-state index contributed by atoms with van der Waals surface area (Å²) in [5, 5.41) is 2.61. The summed E-state index contributed by atoms with van der Waals surface area (Å²) >= 11 is 2.08. The maximum atomic E-state index is 13.9. The number of ketones is 1. The Bertz CT molecular complexity index is 714. The Morgan fingerprint density at radius 3 is 2.41 bits per heavy atom. The van der Waals surface area contributed by atoms with Crippen LogP contribution in [-0.4, -0.2) is 16.3 Å². The lowest BCUT2D eigenvalue weighted by atomic mass is 9.83. The topological polar surface area (TPSA) is 17.1 Å². The van der Waals surface area contributed by atoms with Gasteiger partial charge in [-0.05, 0) is 43.2 Å². The van der Waals surface area contributed by atoms with Gasteiger partial charge in [0.25, 0.3) is 0 Å². The fraction of sp³-hybridized carbons (Fsp3) is 0.421. The molecule has 0 aromatic heterocycles. The van der Waals surface area contributed by atoms with Crippen LogP contribution < -0.4 is 0 Å². The van der Waals surface area contributed by atoms with Crippen molar-refractivity contribution in [1.29, 1.82) is 0 Å². The lowest BCUT2D eigenvalue weighted by Gasteiger charge is -2.38. The zero-order valence-corrected chi connectivity index (χ0v) is 13.2. The molecule has 22 heavy (non-hydrogen) atoms. The Labute approximate surface area is 134 Å². The molecule has 2 unspecified atom stereocenters. The molecule has 114 valence electrons. The maximum Gasteiger partial charge on any atom is 0.166 e. The Morgan fingerprint density at radius 2 is 1.68 bits per heavy atom. The molecule has 2 atom stereocenters. The van der Waals surface area contributed by atoms with Crippen LogP contribution in [0.5, 0.6) is 0 Å². The van der Waals surface area contributed by atoms with Crippen LogP contribution in [-0.2, 0) is 0 Å². The van der Waals surface area contributed by atoms with E-state index in [0.29, 0.717) is 21.4 Å². The number of carbonyl (C=O) groups excluding carboxylic acids is 1. The number of Topliss-reactive ketones (excluding diaryl/α,β-unsaturated/α-hetero) is 1. The molecular weight excluding hydrogens is 295 g/mol. The lowest BCUT2D eigenvalue weighted by molar-refractivity contribution is 0.0898. The highest BCUT2D eigenvalue weighted by atomic mass is 32.2. The smallest absolute Gasteiger partial charge is 0.166 e. The van der Waals surface area contributed by atoms with Crippen LogP contribution in [0.15, 0.2) is 36.4 Å². The molecule has 2 saturated heterocycles. The van der Waals surface area contributed by atoms with E-state index >= 15 is 0 Å². The standard InChI is InChI=1S/C19H19FOS/c20-18-9-8-17(15-6-1-2-7-16(15)18)19(21)12-10-13-4-3-5-14(11-12)22-13/h1-2,6-9,12-14H,3-5,10-11H2. The highest BCUT2D eigenvalue weighted by molar-refractivity contribution is 8.00. The van der Waals surface area contributed by atoms with Gasteiger partial charge >= 0.3 is 0 Å². The molecule has 2 heterocycles. The summed E-state index contributed by atoms with van der Waals surface area (Å²) < 4.78 is 13.9. The van der Waals surface area contributed by atoms with Gasteiger partial charge in [-0.2, -0.15) is 11.8 Å². The average Bonchev–Trinajstić information content (AvgIpc) is 2.54. The van der Waals surface area contributed by atoms with Crippen molar-refractivity contribution in [2.24, 2.45) is 5.92 Å². The molecule has 2 fully saturated rings. The van der Waals surface area contributed by atoms with Gasteiger partial charge in [0.05, 0.1) is 0 Å². The normalized spacial score (nSPS) is 27.8. The third-order valence-electron chi connectivity index (χ3n) is 5.04. The summed E-state index contributed by atoms with van der Waals surface area (Å²) in [6.45, 7) is 0. The molecule has 2 bridgehead atoms. The number of carbonyl (C=O) groups is 1. The summed E-state index contributed by atoms with van der Waals surface area (Å²) in [5.41, 5.74) is 0.701. The van der Waals surface area contributed by atoms with Crippen LogP contribution in [0.25, 0.3) is 10.8 Å². The predicted octanol–water partition coefficient (Wildman–Crippen LogP) is 5.23. The summed E-state index contributed by atoms with van der Waals surface area (Å²) in [6.07, 6.45) is 5.78. The molecule has 4 rings (SSSR count). The lowest BCUT2D eigenvalue weighted by Crippen LogP contribution is -2.33. The Morgan fingerprint density at radius 1 is 1.00 bits per heavy atom. The first-order valence-electron chi connectivity index (χ1n) is 8.09. The molecule has 2 aromatic rings. The summed E-state index contributed by atoms with van der Waals surface area (Å²) in [4.78, 5) is 13.0. The van der Waals surface area contributed by atoms with Gasteiger partial charge in [0.2, 0.25) is 0 Å². The molecule has 0 saturated carbocycles. The SMILES string of the molecule is O=C(c1ccc(F)c2ccccc12)C1CC2CCCC(C1)S2. The number of hydrogen-bond donors (Lipinski definition) is 0. The average molecular weight is 314 g/mol. The fourth-order valence-electron chi connectivity index (χ4n) is 3.97. The van der Waals surface area contributed by atoms with Gasteiger partial charge in [0.1, 0.15) is 5.82 Å². The van der Waals surface area contributed by atoms with Crippen molar-refractivity contribution in [2.45, 2.75) is 42.6 Å². The fourth-order valence-corrected chi connectivity index (χ4v) is 5.81. The van der Waals surface area contributed by atoms with E-state index in [0.717, 1.165) is 18.2 Å². The van der Waals surface area contributed by atoms with Crippen LogP contribution in [0, 0.1) is 11.7 Å². The van der Waals surface area contributed by atoms with Crippen molar-refractivity contribution >= 4 is 28.3 Å². The van der Waals surface area contributed by atoms with Gasteiger partial charge in [-0.25, -0.2) is 4.39 Å². The van der Waals surface area contributed by atoms with Crippen molar-refractivity contribution in [3.63, 3.8) is 0 Å². The highest BCUT2D eigenvalue weighted by Gasteiger charge is 2.36.